The third-order valence-corrected chi connectivity index (χ3v) is 9.54. The van der Waals surface area contributed by atoms with Crippen molar-refractivity contribution >= 4 is 51.6 Å². The Morgan fingerprint density at radius 2 is 1.68 bits per heavy atom. The molecule has 1 spiro atoms. The lowest BCUT2D eigenvalue weighted by atomic mass is 9.75. The first-order chi connectivity index (χ1) is 18.4. The summed E-state index contributed by atoms with van der Waals surface area (Å²) in [7, 11) is 0. The molecule has 2 amide bonds. The van der Waals surface area contributed by atoms with Crippen molar-refractivity contribution in [3.63, 3.8) is 0 Å². The topological polar surface area (TPSA) is 75.5 Å². The molecule has 3 fully saturated rings. The van der Waals surface area contributed by atoms with Crippen LogP contribution in [0.5, 0.6) is 0 Å². The maximum atomic E-state index is 14.4. The van der Waals surface area contributed by atoms with Crippen LogP contribution in [0.3, 0.4) is 0 Å². The molecule has 4 aliphatic rings. The molecule has 38 heavy (non-hydrogen) atoms. The second-order valence-corrected chi connectivity index (χ2v) is 11.2. The van der Waals surface area contributed by atoms with Gasteiger partial charge < -0.3 is 0 Å². The molecule has 3 saturated heterocycles. The molecule has 8 rings (SSSR count). The molecule has 4 aromatic rings. The van der Waals surface area contributed by atoms with Crippen LogP contribution in [-0.4, -0.2) is 38.9 Å². The van der Waals surface area contributed by atoms with Crippen molar-refractivity contribution < 1.29 is 9.59 Å². The highest BCUT2D eigenvalue weighted by Crippen LogP contribution is 2.62. The molecule has 188 valence electrons. The molecule has 0 N–H and O–H groups in total. The Kier molecular flexibility index (Phi) is 4.45. The van der Waals surface area contributed by atoms with Crippen LogP contribution < -0.4 is 10.5 Å². The lowest BCUT2D eigenvalue weighted by molar-refractivity contribution is -0.124. The number of aromatic nitrogens is 2. The Balaban J connectivity index is 1.44. The Labute approximate surface area is 227 Å². The number of rotatable bonds is 1. The van der Waals surface area contributed by atoms with Crippen molar-refractivity contribution in [1.29, 1.82) is 0 Å². The van der Waals surface area contributed by atoms with E-state index in [-0.39, 0.29) is 28.4 Å². The Hall–Kier alpha value is -3.52. The van der Waals surface area contributed by atoms with Gasteiger partial charge in [-0.2, -0.15) is 0 Å². The quantitative estimate of drug-likeness (QED) is 0.330. The van der Waals surface area contributed by atoms with Gasteiger partial charge in [-0.05, 0) is 55.8 Å². The minimum atomic E-state index is -1.04. The fourth-order valence-corrected chi connectivity index (χ4v) is 7.78. The highest BCUT2D eigenvalue weighted by atomic mass is 35.5. The fourth-order valence-electron chi connectivity index (χ4n) is 7.49. The van der Waals surface area contributed by atoms with E-state index in [1.165, 1.54) is 4.90 Å². The van der Waals surface area contributed by atoms with Crippen LogP contribution in [0.2, 0.25) is 10.0 Å². The maximum absolute atomic E-state index is 14.4. The molecule has 9 heteroatoms. The normalized spacial score (nSPS) is 27.3. The standard InChI is InChI=1S/C29H20Cl2N4O3/c30-18-12-11-15(14-19(18)31)34-26(37)23-22-10-5-13-33(22)29(24(23)27(34)38)17-7-2-4-9-21(17)35-25(36)16-6-1-3-8-20(16)32-28(29)35/h1-4,6-9,11-12,14,22-24H,5,10,13H2/t22-,23-,24+,29+/m0/s1. The van der Waals surface area contributed by atoms with Crippen LogP contribution in [0.15, 0.2) is 71.5 Å². The zero-order valence-electron chi connectivity index (χ0n) is 20.0. The zero-order valence-corrected chi connectivity index (χ0v) is 21.5. The SMILES string of the molecule is O=C1[C@H]2[C@@H]3CCCN3[C@]3(c4ccccc4-n4c3nc3ccccc3c4=O)[C@H]2C(=O)N1c1ccc(Cl)c(Cl)c1. The maximum Gasteiger partial charge on any atom is 0.266 e. The van der Waals surface area contributed by atoms with Gasteiger partial charge in [0.15, 0.2) is 0 Å². The zero-order chi connectivity index (χ0) is 25.9. The average Bonchev–Trinajstić information content (AvgIpc) is 3.63. The summed E-state index contributed by atoms with van der Waals surface area (Å²) in [5.41, 5.74) is 1.32. The van der Waals surface area contributed by atoms with Gasteiger partial charge in [0.2, 0.25) is 11.8 Å². The van der Waals surface area contributed by atoms with Crippen molar-refractivity contribution in [1.82, 2.24) is 14.5 Å². The minimum Gasteiger partial charge on any atom is -0.283 e. The van der Waals surface area contributed by atoms with Gasteiger partial charge >= 0.3 is 0 Å². The van der Waals surface area contributed by atoms with E-state index in [9.17, 15) is 14.4 Å². The molecule has 0 bridgehead atoms. The van der Waals surface area contributed by atoms with Crippen LogP contribution in [0.25, 0.3) is 16.6 Å². The van der Waals surface area contributed by atoms with Crippen molar-refractivity contribution in [2.24, 2.45) is 11.8 Å². The van der Waals surface area contributed by atoms with E-state index in [0.717, 1.165) is 18.4 Å². The second-order valence-electron chi connectivity index (χ2n) is 10.4. The summed E-state index contributed by atoms with van der Waals surface area (Å²) in [6.45, 7) is 0.710. The van der Waals surface area contributed by atoms with E-state index in [1.54, 1.807) is 28.8 Å². The number of anilines is 1. The van der Waals surface area contributed by atoms with Gasteiger partial charge in [0, 0.05) is 11.6 Å². The Bertz CT molecular complexity index is 1800. The summed E-state index contributed by atoms with van der Waals surface area (Å²) < 4.78 is 1.66. The van der Waals surface area contributed by atoms with Gasteiger partial charge in [0.05, 0.1) is 44.2 Å². The number of nitrogens with zero attached hydrogens (tertiary/aromatic N) is 4. The number of hydrogen-bond acceptors (Lipinski definition) is 5. The average molecular weight is 543 g/mol. The molecule has 1 aromatic heterocycles. The van der Waals surface area contributed by atoms with Gasteiger partial charge in [-0.3, -0.25) is 23.9 Å². The first kappa shape index (κ1) is 22.5. The van der Waals surface area contributed by atoms with Crippen LogP contribution >= 0.6 is 23.2 Å². The molecule has 4 aliphatic heterocycles. The molecular weight excluding hydrogens is 523 g/mol. The second kappa shape index (κ2) is 7.53. The van der Waals surface area contributed by atoms with Crippen molar-refractivity contribution in [2.75, 3.05) is 11.4 Å². The van der Waals surface area contributed by atoms with Crippen LogP contribution in [-0.2, 0) is 15.1 Å². The molecule has 0 aliphatic carbocycles. The Morgan fingerprint density at radius 3 is 2.53 bits per heavy atom. The molecule has 3 aromatic carbocycles. The molecule has 5 heterocycles. The van der Waals surface area contributed by atoms with E-state index in [1.807, 2.05) is 42.5 Å². The van der Waals surface area contributed by atoms with Gasteiger partial charge in [0.25, 0.3) is 5.56 Å². The number of benzene rings is 3. The summed E-state index contributed by atoms with van der Waals surface area (Å²) >= 11 is 12.4. The van der Waals surface area contributed by atoms with E-state index >= 15 is 0 Å². The van der Waals surface area contributed by atoms with Crippen LogP contribution in [0.1, 0.15) is 24.2 Å². The van der Waals surface area contributed by atoms with Gasteiger partial charge in [-0.15, -0.1) is 0 Å². The smallest absolute Gasteiger partial charge is 0.266 e. The monoisotopic (exact) mass is 542 g/mol. The van der Waals surface area contributed by atoms with E-state index in [4.69, 9.17) is 28.2 Å². The Morgan fingerprint density at radius 1 is 0.895 bits per heavy atom. The molecule has 0 saturated carbocycles. The molecule has 0 unspecified atom stereocenters. The predicted octanol–water partition coefficient (Wildman–Crippen LogP) is 4.53. The van der Waals surface area contributed by atoms with E-state index in [2.05, 4.69) is 4.90 Å². The minimum absolute atomic E-state index is 0.146. The summed E-state index contributed by atoms with van der Waals surface area (Å²) in [5, 5.41) is 1.14. The first-order valence-corrected chi connectivity index (χ1v) is 13.4. The van der Waals surface area contributed by atoms with Crippen LogP contribution in [0, 0.1) is 11.8 Å². The van der Waals surface area contributed by atoms with Crippen molar-refractivity contribution in [3.05, 3.63) is 98.5 Å². The summed E-state index contributed by atoms with van der Waals surface area (Å²) in [5.74, 6) is -1.34. The predicted molar refractivity (Wildman–Crippen MR) is 144 cm³/mol. The number of halogens is 2. The lowest BCUT2D eigenvalue weighted by Gasteiger charge is -2.38. The van der Waals surface area contributed by atoms with Gasteiger partial charge in [-0.25, -0.2) is 9.88 Å². The lowest BCUT2D eigenvalue weighted by Crippen LogP contribution is -2.51. The van der Waals surface area contributed by atoms with E-state index in [0.29, 0.717) is 39.7 Å². The first-order valence-electron chi connectivity index (χ1n) is 12.7. The van der Waals surface area contributed by atoms with Gasteiger partial charge in [0.1, 0.15) is 11.4 Å². The third kappa shape index (κ3) is 2.50. The van der Waals surface area contributed by atoms with Crippen molar-refractivity contribution in [3.8, 4) is 5.69 Å². The number of para-hydroxylation sites is 2. The number of carbonyl (C=O) groups is 2. The highest BCUT2D eigenvalue weighted by Gasteiger charge is 2.73. The van der Waals surface area contributed by atoms with Gasteiger partial charge in [-0.1, -0.05) is 53.5 Å². The van der Waals surface area contributed by atoms with E-state index < -0.39 is 17.4 Å². The number of imide groups is 1. The summed E-state index contributed by atoms with van der Waals surface area (Å²) in [6.07, 6.45) is 1.68. The molecule has 0 radical (unpaired) electrons. The van der Waals surface area contributed by atoms with Crippen LogP contribution in [0.4, 0.5) is 5.69 Å². The molecular formula is C29H20Cl2N4O3. The largest absolute Gasteiger partial charge is 0.283 e. The third-order valence-electron chi connectivity index (χ3n) is 8.80. The highest BCUT2D eigenvalue weighted by molar-refractivity contribution is 6.42. The molecule has 4 atom stereocenters. The number of hydrogen-bond donors (Lipinski definition) is 0. The summed E-state index contributed by atoms with van der Waals surface area (Å²) in [4.78, 5) is 51.1. The number of amides is 2. The number of carbonyl (C=O) groups excluding carboxylic acids is 2. The molecule has 7 nitrogen and oxygen atoms in total. The summed E-state index contributed by atoms with van der Waals surface area (Å²) in [6, 6.07) is 19.6. The number of fused-ring (bicyclic) bond motifs is 11. The fraction of sp³-hybridized carbons (Fsp3) is 0.241. The van der Waals surface area contributed by atoms with Crippen molar-refractivity contribution in [2.45, 2.75) is 24.4 Å².